The van der Waals surface area contributed by atoms with E-state index >= 15 is 0 Å². The molecule has 5 rings (SSSR count). The predicted molar refractivity (Wildman–Crippen MR) is 102 cm³/mol. The van der Waals surface area contributed by atoms with Gasteiger partial charge in [-0.1, -0.05) is 24.3 Å². The molecule has 1 amide bonds. The van der Waals surface area contributed by atoms with Crippen molar-refractivity contribution >= 4 is 22.9 Å². The zero-order chi connectivity index (χ0) is 18.2. The Kier molecular flexibility index (Phi) is 3.99. The number of aromatic nitrogens is 4. The molecule has 0 bridgehead atoms. The van der Waals surface area contributed by atoms with Crippen LogP contribution in [0.25, 0.3) is 11.2 Å². The first-order chi connectivity index (χ1) is 13.3. The fraction of sp³-hybridized carbons (Fsp3) is 0.400. The van der Waals surface area contributed by atoms with Crippen LogP contribution in [0.5, 0.6) is 0 Å². The van der Waals surface area contributed by atoms with Crippen LogP contribution in [0.3, 0.4) is 0 Å². The summed E-state index contributed by atoms with van der Waals surface area (Å²) in [7, 11) is 0. The number of hydrogen-bond donors (Lipinski definition) is 1. The van der Waals surface area contributed by atoms with Crippen molar-refractivity contribution in [1.29, 1.82) is 0 Å². The monoisotopic (exact) mass is 362 g/mol. The SMILES string of the molecule is O=C1CCCN1Cc1ccccc1CNc1ncnc2c1ncn2C1CC1. The number of hydrogen-bond acceptors (Lipinski definition) is 5. The lowest BCUT2D eigenvalue weighted by molar-refractivity contribution is -0.128. The summed E-state index contributed by atoms with van der Waals surface area (Å²) in [5, 5.41) is 3.42. The van der Waals surface area contributed by atoms with Crippen LogP contribution in [0.2, 0.25) is 0 Å². The number of benzene rings is 1. The molecule has 1 aromatic carbocycles. The molecule has 1 saturated heterocycles. The first-order valence-corrected chi connectivity index (χ1v) is 9.55. The average Bonchev–Trinajstić information content (AvgIpc) is 3.31. The van der Waals surface area contributed by atoms with E-state index in [2.05, 4.69) is 37.0 Å². The summed E-state index contributed by atoms with van der Waals surface area (Å²) in [5.74, 6) is 1.01. The van der Waals surface area contributed by atoms with Gasteiger partial charge in [0.1, 0.15) is 11.8 Å². The molecule has 7 nitrogen and oxygen atoms in total. The van der Waals surface area contributed by atoms with Crippen LogP contribution in [0.4, 0.5) is 5.82 Å². The molecular weight excluding hydrogens is 340 g/mol. The molecular formula is C20H22N6O. The summed E-state index contributed by atoms with van der Waals surface area (Å²) in [4.78, 5) is 27.2. The normalized spacial score (nSPS) is 17.0. The highest BCUT2D eigenvalue weighted by Gasteiger charge is 2.26. The van der Waals surface area contributed by atoms with E-state index in [1.807, 2.05) is 23.4 Å². The van der Waals surface area contributed by atoms with Crippen LogP contribution in [-0.2, 0) is 17.9 Å². The second kappa shape index (κ2) is 6.64. The summed E-state index contributed by atoms with van der Waals surface area (Å²) < 4.78 is 2.15. The third-order valence-electron chi connectivity index (χ3n) is 5.40. The summed E-state index contributed by atoms with van der Waals surface area (Å²) >= 11 is 0. The Morgan fingerprint density at radius 1 is 1.11 bits per heavy atom. The highest BCUT2D eigenvalue weighted by Crippen LogP contribution is 2.37. The number of imidazole rings is 1. The van der Waals surface area contributed by atoms with E-state index in [-0.39, 0.29) is 5.91 Å². The van der Waals surface area contributed by atoms with E-state index in [0.717, 1.165) is 29.9 Å². The first-order valence-electron chi connectivity index (χ1n) is 9.55. The maximum Gasteiger partial charge on any atom is 0.222 e. The van der Waals surface area contributed by atoms with Crippen LogP contribution >= 0.6 is 0 Å². The Morgan fingerprint density at radius 2 is 1.96 bits per heavy atom. The largest absolute Gasteiger partial charge is 0.364 e. The number of amides is 1. The lowest BCUT2D eigenvalue weighted by atomic mass is 10.1. The molecule has 0 atom stereocenters. The van der Waals surface area contributed by atoms with E-state index in [0.29, 0.717) is 25.6 Å². The Labute approximate surface area is 157 Å². The zero-order valence-electron chi connectivity index (χ0n) is 15.1. The smallest absolute Gasteiger partial charge is 0.222 e. The Balaban J connectivity index is 1.36. The fourth-order valence-corrected chi connectivity index (χ4v) is 3.74. The van der Waals surface area contributed by atoms with Gasteiger partial charge in [-0.15, -0.1) is 0 Å². The summed E-state index contributed by atoms with van der Waals surface area (Å²) in [6, 6.07) is 8.80. The molecule has 2 aliphatic rings. The van der Waals surface area contributed by atoms with Gasteiger partial charge in [-0.05, 0) is 30.4 Å². The third kappa shape index (κ3) is 3.13. The molecule has 27 heavy (non-hydrogen) atoms. The van der Waals surface area contributed by atoms with Crippen molar-refractivity contribution in [2.45, 2.75) is 44.8 Å². The van der Waals surface area contributed by atoms with Gasteiger partial charge in [-0.25, -0.2) is 15.0 Å². The van der Waals surface area contributed by atoms with Gasteiger partial charge in [0.25, 0.3) is 0 Å². The molecule has 1 N–H and O–H groups in total. The minimum atomic E-state index is 0.251. The minimum absolute atomic E-state index is 0.251. The zero-order valence-corrected chi connectivity index (χ0v) is 15.1. The van der Waals surface area contributed by atoms with Gasteiger partial charge in [0.2, 0.25) is 5.91 Å². The number of likely N-dealkylation sites (tertiary alicyclic amines) is 1. The van der Waals surface area contributed by atoms with Crippen molar-refractivity contribution in [3.63, 3.8) is 0 Å². The van der Waals surface area contributed by atoms with Crippen molar-refractivity contribution in [3.05, 3.63) is 48.0 Å². The van der Waals surface area contributed by atoms with E-state index in [1.54, 1.807) is 6.33 Å². The van der Waals surface area contributed by atoms with Crippen LogP contribution in [0, 0.1) is 0 Å². The molecule has 3 heterocycles. The van der Waals surface area contributed by atoms with Crippen LogP contribution < -0.4 is 5.32 Å². The second-order valence-corrected chi connectivity index (χ2v) is 7.32. The second-order valence-electron chi connectivity index (χ2n) is 7.32. The fourth-order valence-electron chi connectivity index (χ4n) is 3.74. The quantitative estimate of drug-likeness (QED) is 0.730. The number of nitrogens with one attached hydrogen (secondary N) is 1. The highest BCUT2D eigenvalue weighted by atomic mass is 16.2. The predicted octanol–water partition coefficient (Wildman–Crippen LogP) is 2.90. The Morgan fingerprint density at radius 3 is 2.74 bits per heavy atom. The summed E-state index contributed by atoms with van der Waals surface area (Å²) in [6.45, 7) is 2.17. The van der Waals surface area contributed by atoms with E-state index in [4.69, 9.17) is 0 Å². The molecule has 2 aromatic heterocycles. The van der Waals surface area contributed by atoms with Crippen molar-refractivity contribution < 1.29 is 4.79 Å². The molecule has 0 radical (unpaired) electrons. The van der Waals surface area contributed by atoms with Gasteiger partial charge in [-0.3, -0.25) is 4.79 Å². The van der Waals surface area contributed by atoms with Gasteiger partial charge >= 0.3 is 0 Å². The van der Waals surface area contributed by atoms with Gasteiger partial charge < -0.3 is 14.8 Å². The van der Waals surface area contributed by atoms with Crippen molar-refractivity contribution in [1.82, 2.24) is 24.4 Å². The Hall–Kier alpha value is -2.96. The molecule has 0 spiro atoms. The van der Waals surface area contributed by atoms with E-state index < -0.39 is 0 Å². The molecule has 2 fully saturated rings. The van der Waals surface area contributed by atoms with E-state index in [9.17, 15) is 4.79 Å². The van der Waals surface area contributed by atoms with Crippen LogP contribution in [0.15, 0.2) is 36.9 Å². The van der Waals surface area contributed by atoms with Gasteiger partial charge in [0.15, 0.2) is 11.5 Å². The van der Waals surface area contributed by atoms with Crippen LogP contribution in [0.1, 0.15) is 42.9 Å². The number of rotatable bonds is 6. The standard InChI is InChI=1S/C20H22N6O/c27-17-6-3-9-25(17)11-15-5-2-1-4-14(15)10-21-19-18-20(23-12-22-19)26(13-24-18)16-7-8-16/h1-2,4-5,12-13,16H,3,6-11H2,(H,21,22,23). The van der Waals surface area contributed by atoms with Gasteiger partial charge in [-0.2, -0.15) is 0 Å². The maximum atomic E-state index is 12.0. The molecule has 1 aliphatic heterocycles. The lowest BCUT2D eigenvalue weighted by Gasteiger charge is -2.18. The minimum Gasteiger partial charge on any atom is -0.364 e. The maximum absolute atomic E-state index is 12.0. The first kappa shape index (κ1) is 16.2. The highest BCUT2D eigenvalue weighted by molar-refractivity contribution is 5.82. The molecule has 0 unspecified atom stereocenters. The van der Waals surface area contributed by atoms with Gasteiger partial charge in [0.05, 0.1) is 6.33 Å². The molecule has 7 heteroatoms. The number of nitrogens with zero attached hydrogens (tertiary/aromatic N) is 5. The third-order valence-corrected chi connectivity index (χ3v) is 5.40. The Bertz CT molecular complexity index is 993. The number of carbonyl (C=O) groups excluding carboxylic acids is 1. The van der Waals surface area contributed by atoms with E-state index in [1.165, 1.54) is 24.0 Å². The number of carbonyl (C=O) groups is 1. The number of fused-ring (bicyclic) bond motifs is 1. The lowest BCUT2D eigenvalue weighted by Crippen LogP contribution is -2.24. The molecule has 138 valence electrons. The topological polar surface area (TPSA) is 75.9 Å². The van der Waals surface area contributed by atoms with Crippen molar-refractivity contribution in [2.24, 2.45) is 0 Å². The van der Waals surface area contributed by atoms with Crippen LogP contribution in [-0.4, -0.2) is 36.9 Å². The van der Waals surface area contributed by atoms with Crippen molar-refractivity contribution in [3.8, 4) is 0 Å². The number of anilines is 1. The summed E-state index contributed by atoms with van der Waals surface area (Å²) in [5.41, 5.74) is 4.06. The van der Waals surface area contributed by atoms with Crippen molar-refractivity contribution in [2.75, 3.05) is 11.9 Å². The molecule has 1 saturated carbocycles. The molecule has 3 aromatic rings. The summed E-state index contributed by atoms with van der Waals surface area (Å²) in [6.07, 6.45) is 7.49. The molecule has 1 aliphatic carbocycles. The average molecular weight is 362 g/mol. The van der Waals surface area contributed by atoms with Gasteiger partial charge in [0, 0.05) is 32.1 Å².